The zero-order chi connectivity index (χ0) is 22.2. The first-order chi connectivity index (χ1) is 15.5. The van der Waals surface area contributed by atoms with Gasteiger partial charge in [-0.25, -0.2) is 0 Å². The first kappa shape index (κ1) is 20.7. The number of piperidine rings is 1. The van der Waals surface area contributed by atoms with Crippen LogP contribution in [-0.2, 0) is 0 Å². The number of nitrogen functional groups attached to an aromatic ring is 1. The van der Waals surface area contributed by atoms with E-state index in [0.717, 1.165) is 60.0 Å². The van der Waals surface area contributed by atoms with Crippen molar-refractivity contribution < 1.29 is 4.79 Å². The molecule has 6 nitrogen and oxygen atoms in total. The molecule has 1 saturated heterocycles. The summed E-state index contributed by atoms with van der Waals surface area (Å²) in [5.74, 6) is 2.71. The molecule has 1 aliphatic carbocycles. The van der Waals surface area contributed by atoms with E-state index >= 15 is 0 Å². The molecular formula is C26H31N5O. The maximum atomic E-state index is 13.5. The molecular weight excluding hydrogens is 398 g/mol. The van der Waals surface area contributed by atoms with E-state index in [1.54, 1.807) is 0 Å². The van der Waals surface area contributed by atoms with Crippen LogP contribution in [0, 0.1) is 13.8 Å². The number of nitrogens with two attached hydrogens (primary N) is 1. The molecule has 3 aromatic rings. The third kappa shape index (κ3) is 3.90. The molecule has 3 N–H and O–H groups in total. The van der Waals surface area contributed by atoms with Crippen molar-refractivity contribution in [3.8, 4) is 11.4 Å². The molecule has 0 spiro atoms. The molecule has 2 fully saturated rings. The van der Waals surface area contributed by atoms with Gasteiger partial charge in [0.1, 0.15) is 5.82 Å². The van der Waals surface area contributed by atoms with E-state index in [4.69, 9.17) is 5.73 Å². The highest BCUT2D eigenvalue weighted by Crippen LogP contribution is 2.42. The summed E-state index contributed by atoms with van der Waals surface area (Å²) >= 11 is 0. The van der Waals surface area contributed by atoms with Crippen LogP contribution in [0.2, 0.25) is 0 Å². The summed E-state index contributed by atoms with van der Waals surface area (Å²) in [7, 11) is 0. The molecule has 1 aromatic heterocycles. The molecule has 166 valence electrons. The Morgan fingerprint density at radius 3 is 2.31 bits per heavy atom. The Labute approximate surface area is 189 Å². The molecule has 0 bridgehead atoms. The number of carbonyl (C=O) groups excluding carboxylic acids is 1. The number of anilines is 1. The lowest BCUT2D eigenvalue weighted by Crippen LogP contribution is -2.38. The lowest BCUT2D eigenvalue weighted by Gasteiger charge is -2.33. The van der Waals surface area contributed by atoms with Crippen LogP contribution >= 0.6 is 0 Å². The lowest BCUT2D eigenvalue weighted by molar-refractivity contribution is 0.0712. The zero-order valence-electron chi connectivity index (χ0n) is 18.9. The normalized spacial score (nSPS) is 17.4. The van der Waals surface area contributed by atoms with Gasteiger partial charge in [0.05, 0.1) is 0 Å². The van der Waals surface area contributed by atoms with Crippen LogP contribution < -0.4 is 5.73 Å². The van der Waals surface area contributed by atoms with Gasteiger partial charge in [-0.1, -0.05) is 24.6 Å². The molecule has 1 saturated carbocycles. The number of H-pyrrole nitrogens is 1. The first-order valence-corrected chi connectivity index (χ1v) is 11.7. The quantitative estimate of drug-likeness (QED) is 0.574. The van der Waals surface area contributed by atoms with E-state index in [9.17, 15) is 4.79 Å². The summed E-state index contributed by atoms with van der Waals surface area (Å²) in [5.41, 5.74) is 12.1. The van der Waals surface area contributed by atoms with Crippen molar-refractivity contribution in [3.63, 3.8) is 0 Å². The van der Waals surface area contributed by atoms with Crippen molar-refractivity contribution in [1.82, 2.24) is 20.1 Å². The summed E-state index contributed by atoms with van der Waals surface area (Å²) in [6, 6.07) is 12.4. The zero-order valence-corrected chi connectivity index (χ0v) is 18.9. The number of aromatic amines is 1. The summed E-state index contributed by atoms with van der Waals surface area (Å²) in [5, 5.41) is 8.50. The third-order valence-electron chi connectivity index (χ3n) is 7.22. The average Bonchev–Trinajstić information content (AvgIpc) is 3.19. The number of hydrogen-bond acceptors (Lipinski definition) is 4. The van der Waals surface area contributed by atoms with E-state index in [0.29, 0.717) is 11.8 Å². The van der Waals surface area contributed by atoms with E-state index in [1.807, 2.05) is 24.0 Å². The number of benzene rings is 2. The Hall–Kier alpha value is -3.15. The SMILES string of the molecule is Cc1nnc(-c2cc(C(=O)N3CCC(c4ccc(N)cc4)CC3)c(C)cc2C2CCC2)[nH]1. The van der Waals surface area contributed by atoms with Crippen LogP contribution in [0.5, 0.6) is 0 Å². The molecule has 0 atom stereocenters. The third-order valence-corrected chi connectivity index (χ3v) is 7.22. The highest BCUT2D eigenvalue weighted by molar-refractivity contribution is 5.97. The predicted molar refractivity (Wildman–Crippen MR) is 127 cm³/mol. The van der Waals surface area contributed by atoms with Crippen LogP contribution in [-0.4, -0.2) is 39.1 Å². The minimum absolute atomic E-state index is 0.121. The topological polar surface area (TPSA) is 87.9 Å². The summed E-state index contributed by atoms with van der Waals surface area (Å²) in [6.07, 6.45) is 5.62. The van der Waals surface area contributed by atoms with Gasteiger partial charge in [0.2, 0.25) is 0 Å². The molecule has 1 amide bonds. The maximum absolute atomic E-state index is 13.5. The Balaban J connectivity index is 1.38. The van der Waals surface area contributed by atoms with Crippen molar-refractivity contribution in [2.75, 3.05) is 18.8 Å². The van der Waals surface area contributed by atoms with Crippen LogP contribution in [0.25, 0.3) is 11.4 Å². The smallest absolute Gasteiger partial charge is 0.254 e. The minimum atomic E-state index is 0.121. The first-order valence-electron chi connectivity index (χ1n) is 11.7. The summed E-state index contributed by atoms with van der Waals surface area (Å²) in [4.78, 5) is 18.8. The number of hydrogen-bond donors (Lipinski definition) is 2. The predicted octanol–water partition coefficient (Wildman–Crippen LogP) is 4.96. The fourth-order valence-electron chi connectivity index (χ4n) is 5.04. The summed E-state index contributed by atoms with van der Waals surface area (Å²) in [6.45, 7) is 5.51. The molecule has 32 heavy (non-hydrogen) atoms. The van der Waals surface area contributed by atoms with Crippen molar-refractivity contribution in [1.29, 1.82) is 0 Å². The van der Waals surface area contributed by atoms with Gasteiger partial charge < -0.3 is 15.6 Å². The van der Waals surface area contributed by atoms with Gasteiger partial charge in [0.25, 0.3) is 5.91 Å². The van der Waals surface area contributed by atoms with Crippen molar-refractivity contribution in [2.24, 2.45) is 0 Å². The monoisotopic (exact) mass is 429 g/mol. The number of aromatic nitrogens is 3. The van der Waals surface area contributed by atoms with E-state index in [1.165, 1.54) is 30.4 Å². The van der Waals surface area contributed by atoms with Gasteiger partial charge in [-0.15, -0.1) is 10.2 Å². The fraction of sp³-hybridized carbons (Fsp3) is 0.423. The molecule has 6 heteroatoms. The highest BCUT2D eigenvalue weighted by atomic mass is 16.2. The second kappa shape index (κ2) is 8.41. The van der Waals surface area contributed by atoms with Gasteiger partial charge in [-0.05, 0) is 86.3 Å². The van der Waals surface area contributed by atoms with Crippen LogP contribution in [0.15, 0.2) is 36.4 Å². The molecule has 2 aliphatic rings. The van der Waals surface area contributed by atoms with Crippen LogP contribution in [0.1, 0.15) is 76.8 Å². The molecule has 0 unspecified atom stereocenters. The maximum Gasteiger partial charge on any atom is 0.254 e. The molecule has 5 rings (SSSR count). The lowest BCUT2D eigenvalue weighted by atomic mass is 9.77. The molecule has 1 aliphatic heterocycles. The highest BCUT2D eigenvalue weighted by Gasteiger charge is 2.29. The van der Waals surface area contributed by atoms with Crippen LogP contribution in [0.4, 0.5) is 5.69 Å². The van der Waals surface area contributed by atoms with Crippen molar-refractivity contribution in [2.45, 2.75) is 57.8 Å². The van der Waals surface area contributed by atoms with E-state index in [-0.39, 0.29) is 5.91 Å². The van der Waals surface area contributed by atoms with Gasteiger partial charge in [0, 0.05) is 29.9 Å². The number of aryl methyl sites for hydroxylation is 2. The van der Waals surface area contributed by atoms with Crippen molar-refractivity contribution >= 4 is 11.6 Å². The number of nitrogens with zero attached hydrogens (tertiary/aromatic N) is 3. The Morgan fingerprint density at radius 1 is 1.00 bits per heavy atom. The molecule has 0 radical (unpaired) electrons. The van der Waals surface area contributed by atoms with Crippen LogP contribution in [0.3, 0.4) is 0 Å². The Bertz CT molecular complexity index is 1120. The van der Waals surface area contributed by atoms with Gasteiger partial charge in [-0.2, -0.15) is 0 Å². The average molecular weight is 430 g/mol. The number of amides is 1. The Kier molecular flexibility index (Phi) is 5.45. The standard InChI is InChI=1S/C26H31N5O/c1-16-14-23(20-4-3-5-20)24(25-28-17(2)29-30-25)15-22(16)26(32)31-12-10-19(11-13-31)18-6-8-21(27)9-7-18/h6-9,14-15,19-20H,3-5,10-13,27H2,1-2H3,(H,28,29,30). The second-order valence-corrected chi connectivity index (χ2v) is 9.37. The van der Waals surface area contributed by atoms with Crippen molar-refractivity contribution in [3.05, 3.63) is 64.5 Å². The molecule has 2 heterocycles. The van der Waals surface area contributed by atoms with Gasteiger partial charge in [0.15, 0.2) is 5.82 Å². The van der Waals surface area contributed by atoms with Gasteiger partial charge in [-0.3, -0.25) is 4.79 Å². The summed E-state index contributed by atoms with van der Waals surface area (Å²) < 4.78 is 0. The van der Waals surface area contributed by atoms with Gasteiger partial charge >= 0.3 is 0 Å². The minimum Gasteiger partial charge on any atom is -0.399 e. The number of nitrogens with one attached hydrogen (secondary N) is 1. The number of carbonyl (C=O) groups is 1. The Morgan fingerprint density at radius 2 is 1.72 bits per heavy atom. The number of rotatable bonds is 4. The van der Waals surface area contributed by atoms with E-state index < -0.39 is 0 Å². The fourth-order valence-corrected chi connectivity index (χ4v) is 5.04. The largest absolute Gasteiger partial charge is 0.399 e. The molecule has 2 aromatic carbocycles. The second-order valence-electron chi connectivity index (χ2n) is 9.37. The number of likely N-dealkylation sites (tertiary alicyclic amines) is 1. The van der Waals surface area contributed by atoms with E-state index in [2.05, 4.69) is 46.4 Å².